The lowest BCUT2D eigenvalue weighted by molar-refractivity contribution is 1.45. The fraction of sp³-hybridized carbons (Fsp3) is 0.250. The Hall–Kier alpha value is 0.380. The minimum absolute atomic E-state index is 0.241. The van der Waals surface area contributed by atoms with Gasteiger partial charge in [-0.05, 0) is 11.1 Å². The number of allylic oxidation sites excluding steroid dienone is 4. The summed E-state index contributed by atoms with van der Waals surface area (Å²) in [6.07, 6.45) is 0. The fourth-order valence-electron chi connectivity index (χ4n) is 0.428. The van der Waals surface area contributed by atoms with E-state index in [1.54, 1.807) is 0 Å². The molecule has 0 nitrogen and oxygen atoms in total. The predicted octanol–water partition coefficient (Wildman–Crippen LogP) is 4.27. The molecule has 0 N–H and O–H groups in total. The molecule has 0 aromatic rings. The number of halogens is 4. The number of alkyl halides is 2. The van der Waals surface area contributed by atoms with Crippen LogP contribution in [0, 0.1) is 0 Å². The Kier molecular flexibility index (Phi) is 6.12. The lowest BCUT2D eigenvalue weighted by Gasteiger charge is -2.04. The van der Waals surface area contributed by atoms with Crippen molar-refractivity contribution in [3.05, 3.63) is 34.4 Å². The van der Waals surface area contributed by atoms with Gasteiger partial charge in [0.25, 0.3) is 0 Å². The summed E-state index contributed by atoms with van der Waals surface area (Å²) in [5, 5.41) is 0.662. The Balaban J connectivity index is 4.68. The van der Waals surface area contributed by atoms with Gasteiger partial charge in [-0.2, -0.15) is 0 Å². The first kappa shape index (κ1) is 12.4. The smallest absolute Gasteiger partial charge is 0.0633 e. The van der Waals surface area contributed by atoms with E-state index in [1.807, 2.05) is 0 Å². The maximum absolute atomic E-state index is 5.80. The van der Waals surface area contributed by atoms with Crippen LogP contribution in [0.3, 0.4) is 0 Å². The van der Waals surface area contributed by atoms with Crippen LogP contribution in [-0.2, 0) is 0 Å². The van der Waals surface area contributed by atoms with E-state index in [1.165, 1.54) is 0 Å². The minimum atomic E-state index is 0.241. The maximum Gasteiger partial charge on any atom is 0.0633 e. The molecule has 0 rings (SSSR count). The standard InChI is InChI=1S/C8H8Cl4/c1-5(3-9)7(11)8(12)6(2)4-10/h1-4H2. The second kappa shape index (κ2) is 5.93. The molecule has 0 unspecified atom stereocenters. The van der Waals surface area contributed by atoms with E-state index < -0.39 is 0 Å². The highest BCUT2D eigenvalue weighted by Gasteiger charge is 2.07. The first-order valence-corrected chi connectivity index (χ1v) is 4.90. The molecule has 0 bridgehead atoms. The topological polar surface area (TPSA) is 0 Å². The van der Waals surface area contributed by atoms with Gasteiger partial charge in [-0.1, -0.05) is 36.4 Å². The van der Waals surface area contributed by atoms with Gasteiger partial charge in [-0.3, -0.25) is 0 Å². The van der Waals surface area contributed by atoms with E-state index in [9.17, 15) is 0 Å². The Labute approximate surface area is 92.4 Å². The van der Waals surface area contributed by atoms with Crippen molar-refractivity contribution < 1.29 is 0 Å². The van der Waals surface area contributed by atoms with Crippen LogP contribution < -0.4 is 0 Å². The molecule has 0 fully saturated rings. The third kappa shape index (κ3) is 3.40. The van der Waals surface area contributed by atoms with E-state index in [0.717, 1.165) is 0 Å². The normalized spacial score (nSPS) is 12.3. The van der Waals surface area contributed by atoms with Crippen LogP contribution in [0.25, 0.3) is 0 Å². The van der Waals surface area contributed by atoms with Crippen molar-refractivity contribution in [2.45, 2.75) is 0 Å². The van der Waals surface area contributed by atoms with E-state index in [2.05, 4.69) is 13.2 Å². The molecule has 0 heterocycles. The Morgan fingerprint density at radius 3 is 1.25 bits per heavy atom. The highest BCUT2D eigenvalue weighted by atomic mass is 35.5. The lowest BCUT2D eigenvalue weighted by Crippen LogP contribution is -1.90. The van der Waals surface area contributed by atoms with E-state index in [4.69, 9.17) is 46.4 Å². The second-order valence-electron chi connectivity index (χ2n) is 2.10. The van der Waals surface area contributed by atoms with Crippen molar-refractivity contribution in [1.29, 1.82) is 0 Å². The molecule has 0 spiro atoms. The average Bonchev–Trinajstić information content (AvgIpc) is 2.12. The molecule has 0 aromatic carbocycles. The van der Waals surface area contributed by atoms with E-state index in [0.29, 0.717) is 21.2 Å². The highest BCUT2D eigenvalue weighted by molar-refractivity contribution is 6.43. The monoisotopic (exact) mass is 244 g/mol. The van der Waals surface area contributed by atoms with E-state index >= 15 is 0 Å². The quantitative estimate of drug-likeness (QED) is 0.513. The average molecular weight is 246 g/mol. The molecular formula is C8H8Cl4. The van der Waals surface area contributed by atoms with Crippen LogP contribution in [-0.4, -0.2) is 11.8 Å². The number of rotatable bonds is 4. The first-order chi connectivity index (χ1) is 5.54. The van der Waals surface area contributed by atoms with Gasteiger partial charge in [0.05, 0.1) is 10.1 Å². The van der Waals surface area contributed by atoms with Crippen molar-refractivity contribution in [3.63, 3.8) is 0 Å². The van der Waals surface area contributed by atoms with Gasteiger partial charge in [0.2, 0.25) is 0 Å². The molecule has 0 saturated heterocycles. The molecule has 12 heavy (non-hydrogen) atoms. The van der Waals surface area contributed by atoms with Crippen molar-refractivity contribution >= 4 is 46.4 Å². The minimum Gasteiger partial charge on any atom is -0.122 e. The summed E-state index contributed by atoms with van der Waals surface area (Å²) in [4.78, 5) is 0. The van der Waals surface area contributed by atoms with Gasteiger partial charge < -0.3 is 0 Å². The van der Waals surface area contributed by atoms with Gasteiger partial charge in [0.15, 0.2) is 0 Å². The molecule has 0 amide bonds. The zero-order valence-corrected chi connectivity index (χ0v) is 9.36. The number of hydrogen-bond donors (Lipinski definition) is 0. The Bertz CT molecular complexity index is 203. The summed E-state index contributed by atoms with van der Waals surface area (Å²) in [5.74, 6) is 0.481. The molecule has 0 atom stereocenters. The van der Waals surface area contributed by atoms with Crippen LogP contribution in [0.15, 0.2) is 34.4 Å². The Morgan fingerprint density at radius 1 is 0.833 bits per heavy atom. The second-order valence-corrected chi connectivity index (χ2v) is 3.39. The molecule has 0 aliphatic rings. The van der Waals surface area contributed by atoms with Gasteiger partial charge in [0.1, 0.15) is 0 Å². The van der Waals surface area contributed by atoms with Crippen molar-refractivity contribution in [1.82, 2.24) is 0 Å². The summed E-state index contributed by atoms with van der Waals surface area (Å²) in [6.45, 7) is 7.24. The molecule has 0 saturated carbocycles. The Morgan fingerprint density at radius 2 is 1.08 bits per heavy atom. The number of hydrogen-bond acceptors (Lipinski definition) is 0. The zero-order valence-electron chi connectivity index (χ0n) is 6.34. The molecule has 0 aliphatic heterocycles. The maximum atomic E-state index is 5.80. The molecule has 0 radical (unpaired) electrons. The third-order valence-corrected chi connectivity index (χ3v) is 2.79. The summed E-state index contributed by atoms with van der Waals surface area (Å²) in [6, 6.07) is 0. The third-order valence-electron chi connectivity index (χ3n) is 1.14. The molecule has 68 valence electrons. The van der Waals surface area contributed by atoms with Gasteiger partial charge >= 0.3 is 0 Å². The fourth-order valence-corrected chi connectivity index (χ4v) is 1.23. The van der Waals surface area contributed by atoms with Crippen molar-refractivity contribution in [2.24, 2.45) is 0 Å². The lowest BCUT2D eigenvalue weighted by atomic mass is 10.2. The predicted molar refractivity (Wildman–Crippen MR) is 58.5 cm³/mol. The first-order valence-electron chi connectivity index (χ1n) is 3.08. The molecule has 4 heteroatoms. The van der Waals surface area contributed by atoms with Gasteiger partial charge in [0, 0.05) is 11.8 Å². The summed E-state index contributed by atoms with van der Waals surface area (Å²) < 4.78 is 0. The summed E-state index contributed by atoms with van der Waals surface area (Å²) in [7, 11) is 0. The summed E-state index contributed by atoms with van der Waals surface area (Å²) in [5.41, 5.74) is 1.13. The largest absolute Gasteiger partial charge is 0.122 e. The van der Waals surface area contributed by atoms with Crippen molar-refractivity contribution in [3.8, 4) is 0 Å². The van der Waals surface area contributed by atoms with Crippen LogP contribution in [0.5, 0.6) is 0 Å². The van der Waals surface area contributed by atoms with Gasteiger partial charge in [-0.25, -0.2) is 0 Å². The van der Waals surface area contributed by atoms with Gasteiger partial charge in [-0.15, -0.1) is 23.2 Å². The van der Waals surface area contributed by atoms with Crippen molar-refractivity contribution in [2.75, 3.05) is 11.8 Å². The van der Waals surface area contributed by atoms with Crippen LogP contribution in [0.4, 0.5) is 0 Å². The zero-order chi connectivity index (χ0) is 9.72. The molecule has 0 aliphatic carbocycles. The molecule has 0 aromatic heterocycles. The van der Waals surface area contributed by atoms with Crippen LogP contribution >= 0.6 is 46.4 Å². The van der Waals surface area contributed by atoms with Crippen LogP contribution in [0.1, 0.15) is 0 Å². The summed E-state index contributed by atoms with van der Waals surface area (Å²) >= 11 is 22.6. The highest BCUT2D eigenvalue weighted by Crippen LogP contribution is 2.27. The van der Waals surface area contributed by atoms with Crippen LogP contribution in [0.2, 0.25) is 0 Å². The molecular weight excluding hydrogens is 238 g/mol. The van der Waals surface area contributed by atoms with E-state index in [-0.39, 0.29) is 11.8 Å². The SMILES string of the molecule is C=C(CCl)C(Cl)=C(Cl)C(=C)CCl.